The number of benzene rings is 2. The van der Waals surface area contributed by atoms with Crippen molar-refractivity contribution in [3.63, 3.8) is 0 Å². The molecular formula is C17H14F2N6O. The van der Waals surface area contributed by atoms with Crippen LogP contribution in [-0.4, -0.2) is 18.9 Å². The van der Waals surface area contributed by atoms with Gasteiger partial charge in [0.05, 0.1) is 0 Å². The van der Waals surface area contributed by atoms with Crippen LogP contribution < -0.4 is 0 Å². The van der Waals surface area contributed by atoms with E-state index in [0.717, 1.165) is 0 Å². The second kappa shape index (κ2) is 9.17. The number of nitrogens with zero attached hydrogens (tertiary/aromatic N) is 6. The van der Waals surface area contributed by atoms with Gasteiger partial charge >= 0.3 is 0 Å². The number of hydrogen-bond acceptors (Lipinski definition) is 3. The second-order valence-electron chi connectivity index (χ2n) is 5.44. The van der Waals surface area contributed by atoms with E-state index in [1.807, 2.05) is 0 Å². The summed E-state index contributed by atoms with van der Waals surface area (Å²) in [5, 5.41) is 6.93. The van der Waals surface area contributed by atoms with Gasteiger partial charge in [-0.05, 0) is 46.5 Å². The highest BCUT2D eigenvalue weighted by atomic mass is 19.1. The second-order valence-corrected chi connectivity index (χ2v) is 5.44. The molecule has 0 spiro atoms. The van der Waals surface area contributed by atoms with E-state index in [1.165, 1.54) is 48.5 Å². The van der Waals surface area contributed by atoms with E-state index >= 15 is 0 Å². The molecule has 7 nitrogen and oxygen atoms in total. The van der Waals surface area contributed by atoms with Gasteiger partial charge in [-0.25, -0.2) is 8.78 Å². The first-order valence-corrected chi connectivity index (χ1v) is 7.63. The lowest BCUT2D eigenvalue weighted by Gasteiger charge is -2.21. The molecule has 2 aromatic carbocycles. The number of ketones is 1. The minimum atomic E-state index is -0.851. The molecule has 132 valence electrons. The predicted octanol–water partition coefficient (Wildman–Crippen LogP) is 5.02. The highest BCUT2D eigenvalue weighted by Crippen LogP contribution is 2.28. The van der Waals surface area contributed by atoms with Gasteiger partial charge in [0.2, 0.25) is 0 Å². The Balaban J connectivity index is 2.42. The van der Waals surface area contributed by atoms with Crippen molar-refractivity contribution in [1.29, 1.82) is 0 Å². The standard InChI is InChI=1S/C17H14F2N6O/c18-13-5-1-11(2-6-13)15(9-22-24-20)17(26)16(10-23-25-21)12-3-7-14(19)8-4-12/h1-8,15-16H,9-10H2. The Morgan fingerprint density at radius 3 is 1.46 bits per heavy atom. The molecule has 0 saturated carbocycles. The summed E-state index contributed by atoms with van der Waals surface area (Å²) in [5.41, 5.74) is 18.1. The molecule has 2 unspecified atom stereocenters. The maximum Gasteiger partial charge on any atom is 0.148 e. The summed E-state index contributed by atoms with van der Waals surface area (Å²) in [4.78, 5) is 18.4. The first kappa shape index (κ1) is 18.9. The third-order valence-electron chi connectivity index (χ3n) is 3.89. The number of Topliss-reactive ketones (excluding diaryl/α,β-unsaturated/α-hetero) is 1. The van der Waals surface area contributed by atoms with Crippen molar-refractivity contribution in [2.24, 2.45) is 10.2 Å². The molecule has 0 amide bonds. The summed E-state index contributed by atoms with van der Waals surface area (Å²) < 4.78 is 26.3. The van der Waals surface area contributed by atoms with Gasteiger partial charge in [-0.2, -0.15) is 0 Å². The summed E-state index contributed by atoms with van der Waals surface area (Å²) in [6, 6.07) is 10.5. The monoisotopic (exact) mass is 356 g/mol. The summed E-state index contributed by atoms with van der Waals surface area (Å²) in [5.74, 6) is -3.00. The van der Waals surface area contributed by atoms with Crippen LogP contribution in [-0.2, 0) is 4.79 Å². The molecule has 0 fully saturated rings. The van der Waals surface area contributed by atoms with Crippen molar-refractivity contribution in [2.75, 3.05) is 13.1 Å². The Morgan fingerprint density at radius 2 is 1.15 bits per heavy atom. The van der Waals surface area contributed by atoms with Crippen molar-refractivity contribution < 1.29 is 13.6 Å². The summed E-state index contributed by atoms with van der Waals surface area (Å²) in [7, 11) is 0. The zero-order valence-corrected chi connectivity index (χ0v) is 13.5. The molecule has 0 bridgehead atoms. The lowest BCUT2D eigenvalue weighted by atomic mass is 9.83. The normalized spacial score (nSPS) is 12.4. The molecule has 0 aliphatic heterocycles. The minimum Gasteiger partial charge on any atom is -0.298 e. The zero-order valence-electron chi connectivity index (χ0n) is 13.5. The van der Waals surface area contributed by atoms with Crippen molar-refractivity contribution in [1.82, 2.24) is 0 Å². The number of carbonyl (C=O) groups is 1. The SMILES string of the molecule is [N-]=[N+]=NCC(C(=O)C(CN=[N+]=[N-])c1ccc(F)cc1)c1ccc(F)cc1. The molecule has 0 saturated heterocycles. The molecule has 0 aliphatic carbocycles. The largest absolute Gasteiger partial charge is 0.298 e. The van der Waals surface area contributed by atoms with Gasteiger partial charge in [-0.15, -0.1) is 0 Å². The van der Waals surface area contributed by atoms with Crippen LogP contribution in [0.5, 0.6) is 0 Å². The molecule has 0 N–H and O–H groups in total. The average molecular weight is 356 g/mol. The fraction of sp³-hybridized carbons (Fsp3) is 0.235. The van der Waals surface area contributed by atoms with Crippen molar-refractivity contribution >= 4 is 5.78 Å². The number of hydrogen-bond donors (Lipinski definition) is 0. The fourth-order valence-electron chi connectivity index (χ4n) is 2.59. The molecule has 0 radical (unpaired) electrons. The number of carbonyl (C=O) groups excluding carboxylic acids is 1. The highest BCUT2D eigenvalue weighted by Gasteiger charge is 2.28. The average Bonchev–Trinajstić information content (AvgIpc) is 2.65. The van der Waals surface area contributed by atoms with E-state index in [4.69, 9.17) is 11.1 Å². The molecular weight excluding hydrogens is 342 g/mol. The van der Waals surface area contributed by atoms with Crippen LogP contribution in [0.4, 0.5) is 8.78 Å². The number of halogens is 2. The predicted molar refractivity (Wildman–Crippen MR) is 91.3 cm³/mol. The Hall–Kier alpha value is -3.41. The third kappa shape index (κ3) is 4.80. The van der Waals surface area contributed by atoms with E-state index in [0.29, 0.717) is 11.1 Å². The fourth-order valence-corrected chi connectivity index (χ4v) is 2.59. The maximum absolute atomic E-state index is 13.2. The molecule has 2 rings (SSSR count). The summed E-state index contributed by atoms with van der Waals surface area (Å²) in [6.07, 6.45) is 0. The van der Waals surface area contributed by atoms with E-state index in [9.17, 15) is 13.6 Å². The van der Waals surface area contributed by atoms with Gasteiger partial charge in [-0.3, -0.25) is 4.79 Å². The zero-order chi connectivity index (χ0) is 18.9. The maximum atomic E-state index is 13.2. The van der Waals surface area contributed by atoms with Crippen LogP contribution in [0.15, 0.2) is 58.8 Å². The quantitative estimate of drug-likeness (QED) is 0.369. The smallest absolute Gasteiger partial charge is 0.148 e. The molecule has 26 heavy (non-hydrogen) atoms. The Morgan fingerprint density at radius 1 is 0.808 bits per heavy atom. The Bertz CT molecular complexity index is 784. The summed E-state index contributed by atoms with van der Waals surface area (Å²) in [6.45, 7) is -0.343. The van der Waals surface area contributed by atoms with Crippen LogP contribution in [0.1, 0.15) is 23.0 Å². The first-order chi connectivity index (χ1) is 12.6. The molecule has 0 aromatic heterocycles. The van der Waals surface area contributed by atoms with E-state index in [2.05, 4.69) is 20.1 Å². The van der Waals surface area contributed by atoms with Crippen LogP contribution in [0.25, 0.3) is 20.9 Å². The van der Waals surface area contributed by atoms with Crippen LogP contribution >= 0.6 is 0 Å². The van der Waals surface area contributed by atoms with Gasteiger partial charge in [0.15, 0.2) is 0 Å². The van der Waals surface area contributed by atoms with Crippen molar-refractivity contribution in [3.8, 4) is 0 Å². The number of rotatable bonds is 8. The number of azide groups is 2. The van der Waals surface area contributed by atoms with Gasteiger partial charge in [0.25, 0.3) is 0 Å². The molecule has 2 aromatic rings. The van der Waals surface area contributed by atoms with Gasteiger partial charge < -0.3 is 0 Å². The summed E-state index contributed by atoms with van der Waals surface area (Å²) >= 11 is 0. The van der Waals surface area contributed by atoms with E-state index in [1.54, 1.807) is 0 Å². The van der Waals surface area contributed by atoms with Gasteiger partial charge in [0, 0.05) is 34.7 Å². The minimum absolute atomic E-state index is 0.172. The van der Waals surface area contributed by atoms with E-state index in [-0.39, 0.29) is 18.9 Å². The molecule has 0 heterocycles. The lowest BCUT2D eigenvalue weighted by Crippen LogP contribution is -2.25. The molecule has 9 heteroatoms. The lowest BCUT2D eigenvalue weighted by molar-refractivity contribution is -0.121. The van der Waals surface area contributed by atoms with Gasteiger partial charge in [0.1, 0.15) is 17.4 Å². The van der Waals surface area contributed by atoms with Crippen molar-refractivity contribution in [2.45, 2.75) is 11.8 Å². The highest BCUT2D eigenvalue weighted by molar-refractivity contribution is 5.92. The third-order valence-corrected chi connectivity index (χ3v) is 3.89. The van der Waals surface area contributed by atoms with E-state index < -0.39 is 23.5 Å². The molecule has 2 atom stereocenters. The van der Waals surface area contributed by atoms with Gasteiger partial charge in [-0.1, -0.05) is 34.5 Å². The Kier molecular flexibility index (Phi) is 6.68. The van der Waals surface area contributed by atoms with Crippen molar-refractivity contribution in [3.05, 3.63) is 92.2 Å². The van der Waals surface area contributed by atoms with Crippen LogP contribution in [0.3, 0.4) is 0 Å². The Labute approximate surface area is 147 Å². The molecule has 0 aliphatic rings. The van der Waals surface area contributed by atoms with Crippen LogP contribution in [0, 0.1) is 11.6 Å². The topological polar surface area (TPSA) is 115 Å². The van der Waals surface area contributed by atoms with Crippen LogP contribution in [0.2, 0.25) is 0 Å². The first-order valence-electron chi connectivity index (χ1n) is 7.63.